The zero-order valence-electron chi connectivity index (χ0n) is 27.5. The number of hydrogen-bond acceptors (Lipinski definition) is 7. The smallest absolute Gasteiger partial charge is 0.307 e. The molecule has 1 fully saturated rings. The number of imide groups is 1. The molecule has 2 aromatic rings. The molecule has 7 nitrogen and oxygen atoms in total. The highest BCUT2D eigenvalue weighted by Gasteiger charge is 2.40. The van der Waals surface area contributed by atoms with Crippen molar-refractivity contribution in [3.05, 3.63) is 95.9 Å². The summed E-state index contributed by atoms with van der Waals surface area (Å²) in [5.74, 6) is 0.0462. The van der Waals surface area contributed by atoms with Crippen LogP contribution >= 0.6 is 11.8 Å². The highest BCUT2D eigenvalue weighted by Crippen LogP contribution is 2.30. The molecule has 46 heavy (non-hydrogen) atoms. The number of allylic oxidation sites excluding steroid dienone is 6. The number of carbonyl (C=O) groups excluding carboxylic acids is 3. The monoisotopic (exact) mass is 646 g/mol. The van der Waals surface area contributed by atoms with E-state index < -0.39 is 5.25 Å². The van der Waals surface area contributed by atoms with E-state index in [4.69, 9.17) is 9.47 Å². The lowest BCUT2D eigenvalue weighted by Gasteiger charge is -2.14. The van der Waals surface area contributed by atoms with E-state index >= 15 is 0 Å². The standard InChI is InChI=1S/C38H50N2O5S/c1-3-5-6-7-8-9-10-11-12-13-14-15-16-17-18-19-36(41)45-30-40-37(42)35(46-38(40)43)28-32-21-24-34(25-22-32)44-27-26-33-23-20-31(4-2)29-39-33/h5-6,8-9,11-12,20-25,29,35H,3-4,7,10,13-19,26-28,30H2,1-2H3/b6-5-,9-8-,12-11+. The van der Waals surface area contributed by atoms with Crippen LogP contribution < -0.4 is 4.74 Å². The van der Waals surface area contributed by atoms with Crippen LogP contribution in [0.3, 0.4) is 0 Å². The van der Waals surface area contributed by atoms with E-state index in [9.17, 15) is 14.4 Å². The van der Waals surface area contributed by atoms with Crippen LogP contribution in [0.4, 0.5) is 4.79 Å². The van der Waals surface area contributed by atoms with Gasteiger partial charge in [0.05, 0.1) is 11.9 Å². The Kier molecular flexibility index (Phi) is 17.6. The normalized spacial score (nSPS) is 15.2. The lowest BCUT2D eigenvalue weighted by Crippen LogP contribution is -2.35. The summed E-state index contributed by atoms with van der Waals surface area (Å²) in [5.41, 5.74) is 3.14. The number of pyridine rings is 1. The molecule has 2 heterocycles. The molecule has 0 saturated carbocycles. The van der Waals surface area contributed by atoms with Crippen molar-refractivity contribution in [2.45, 2.75) is 103 Å². The quantitative estimate of drug-likeness (QED) is 0.0717. The van der Waals surface area contributed by atoms with Gasteiger partial charge in [0.25, 0.3) is 5.24 Å². The number of hydrogen-bond donors (Lipinski definition) is 0. The first kappa shape index (κ1) is 36.8. The number of thioether (sulfide) groups is 1. The Labute approximate surface area is 279 Å². The van der Waals surface area contributed by atoms with E-state index in [2.05, 4.69) is 61.4 Å². The van der Waals surface area contributed by atoms with Crippen LogP contribution in [0.15, 0.2) is 79.1 Å². The Bertz CT molecular complexity index is 1290. The molecule has 3 rings (SSSR count). The first-order chi connectivity index (χ1) is 22.5. The van der Waals surface area contributed by atoms with E-state index in [1.165, 1.54) is 5.56 Å². The van der Waals surface area contributed by atoms with Gasteiger partial charge in [0.1, 0.15) is 5.75 Å². The largest absolute Gasteiger partial charge is 0.493 e. The van der Waals surface area contributed by atoms with E-state index in [1.807, 2.05) is 36.5 Å². The minimum Gasteiger partial charge on any atom is -0.493 e. The van der Waals surface area contributed by atoms with Crippen LogP contribution in [0, 0.1) is 0 Å². The SMILES string of the molecule is CC/C=C\C/C=C\C/C=C/CCCCCCCC(=O)OCN1C(=O)SC(Cc2ccc(OCCc3ccc(CC)cn3)cc2)C1=O. The third kappa shape index (κ3) is 14.2. The Morgan fingerprint density at radius 2 is 1.57 bits per heavy atom. The topological polar surface area (TPSA) is 85.8 Å². The number of nitrogens with zero attached hydrogens (tertiary/aromatic N) is 2. The van der Waals surface area contributed by atoms with Gasteiger partial charge in [-0.2, -0.15) is 0 Å². The van der Waals surface area contributed by atoms with Gasteiger partial charge in [0.15, 0.2) is 6.73 Å². The fourth-order valence-electron chi connectivity index (χ4n) is 4.86. The molecule has 0 bridgehead atoms. The summed E-state index contributed by atoms with van der Waals surface area (Å²) in [4.78, 5) is 43.1. The third-order valence-electron chi connectivity index (χ3n) is 7.66. The summed E-state index contributed by atoms with van der Waals surface area (Å²) >= 11 is 0.983. The first-order valence-corrected chi connectivity index (χ1v) is 17.7. The molecule has 1 aliphatic heterocycles. The molecule has 1 atom stereocenters. The fourth-order valence-corrected chi connectivity index (χ4v) is 5.88. The molecule has 1 aliphatic rings. The van der Waals surface area contributed by atoms with Crippen molar-refractivity contribution in [1.29, 1.82) is 0 Å². The first-order valence-electron chi connectivity index (χ1n) is 16.8. The fraction of sp³-hybridized carbons (Fsp3) is 0.474. The number of amides is 2. The number of aromatic nitrogens is 1. The van der Waals surface area contributed by atoms with Crippen molar-refractivity contribution >= 4 is 28.9 Å². The zero-order chi connectivity index (χ0) is 32.8. The van der Waals surface area contributed by atoms with Crippen LogP contribution in [0.25, 0.3) is 0 Å². The molecule has 0 N–H and O–H groups in total. The van der Waals surface area contributed by atoms with Crippen molar-refractivity contribution in [1.82, 2.24) is 9.88 Å². The van der Waals surface area contributed by atoms with E-state index in [0.717, 1.165) is 104 Å². The van der Waals surface area contributed by atoms with Crippen molar-refractivity contribution in [2.75, 3.05) is 13.3 Å². The molecule has 2 amide bonds. The Hall–Kier alpha value is -3.65. The second-order valence-electron chi connectivity index (χ2n) is 11.3. The maximum Gasteiger partial charge on any atom is 0.307 e. The summed E-state index contributed by atoms with van der Waals surface area (Å²) in [6.07, 6.45) is 26.7. The summed E-state index contributed by atoms with van der Waals surface area (Å²) < 4.78 is 11.1. The molecular formula is C38H50N2O5S. The minimum absolute atomic E-state index is 0.294. The van der Waals surface area contributed by atoms with Gasteiger partial charge >= 0.3 is 5.97 Å². The predicted octanol–water partition coefficient (Wildman–Crippen LogP) is 8.96. The molecule has 0 spiro atoms. The average Bonchev–Trinajstić information content (AvgIpc) is 3.33. The summed E-state index contributed by atoms with van der Waals surface area (Å²) in [6.45, 7) is 4.45. The zero-order valence-corrected chi connectivity index (χ0v) is 28.3. The van der Waals surface area contributed by atoms with Gasteiger partial charge in [-0.1, -0.05) is 99.5 Å². The van der Waals surface area contributed by atoms with Gasteiger partial charge in [-0.3, -0.25) is 19.4 Å². The molecule has 0 radical (unpaired) electrons. The number of carbonyl (C=O) groups is 3. The number of ether oxygens (including phenoxy) is 2. The number of aryl methyl sites for hydroxylation is 1. The molecule has 1 aromatic heterocycles. The Balaban J connectivity index is 1.24. The second kappa shape index (κ2) is 22.0. The molecular weight excluding hydrogens is 596 g/mol. The summed E-state index contributed by atoms with van der Waals surface area (Å²) in [7, 11) is 0. The van der Waals surface area contributed by atoms with Crippen LogP contribution in [-0.4, -0.2) is 45.6 Å². The van der Waals surface area contributed by atoms with Gasteiger partial charge in [-0.25, -0.2) is 4.90 Å². The molecule has 248 valence electrons. The van der Waals surface area contributed by atoms with E-state index in [0.29, 0.717) is 19.4 Å². The summed E-state index contributed by atoms with van der Waals surface area (Å²) in [5, 5.41) is -0.910. The molecule has 1 saturated heterocycles. The van der Waals surface area contributed by atoms with Gasteiger partial charge in [0.2, 0.25) is 5.91 Å². The molecule has 1 aromatic carbocycles. The molecule has 0 aliphatic carbocycles. The predicted molar refractivity (Wildman–Crippen MR) is 187 cm³/mol. The molecule has 8 heteroatoms. The maximum atomic E-state index is 12.9. The van der Waals surface area contributed by atoms with Crippen molar-refractivity contribution in [3.8, 4) is 5.75 Å². The highest BCUT2D eigenvalue weighted by atomic mass is 32.2. The van der Waals surface area contributed by atoms with Gasteiger partial charge in [-0.05, 0) is 80.7 Å². The van der Waals surface area contributed by atoms with Gasteiger partial charge < -0.3 is 9.47 Å². The highest BCUT2D eigenvalue weighted by molar-refractivity contribution is 8.15. The summed E-state index contributed by atoms with van der Waals surface area (Å²) in [6, 6.07) is 11.7. The van der Waals surface area contributed by atoms with Crippen LogP contribution in [-0.2, 0) is 33.6 Å². The maximum absolute atomic E-state index is 12.9. The number of benzene rings is 1. The van der Waals surface area contributed by atoms with E-state index in [-0.39, 0.29) is 23.8 Å². The minimum atomic E-state index is -0.533. The van der Waals surface area contributed by atoms with Crippen LogP contribution in [0.2, 0.25) is 0 Å². The van der Waals surface area contributed by atoms with Crippen molar-refractivity contribution in [2.24, 2.45) is 0 Å². The number of esters is 1. The Morgan fingerprint density at radius 3 is 2.28 bits per heavy atom. The molecule has 1 unspecified atom stereocenters. The second-order valence-corrected chi connectivity index (χ2v) is 12.5. The third-order valence-corrected chi connectivity index (χ3v) is 8.73. The van der Waals surface area contributed by atoms with Crippen LogP contribution in [0.5, 0.6) is 5.75 Å². The lowest BCUT2D eigenvalue weighted by molar-refractivity contribution is -0.149. The van der Waals surface area contributed by atoms with Crippen molar-refractivity contribution in [3.63, 3.8) is 0 Å². The average molecular weight is 647 g/mol. The number of unbranched alkanes of at least 4 members (excludes halogenated alkanes) is 5. The van der Waals surface area contributed by atoms with Crippen LogP contribution in [0.1, 0.15) is 94.9 Å². The lowest BCUT2D eigenvalue weighted by atomic mass is 10.1. The Morgan fingerprint density at radius 1 is 0.870 bits per heavy atom. The van der Waals surface area contributed by atoms with Gasteiger partial charge in [0, 0.05) is 24.7 Å². The van der Waals surface area contributed by atoms with Crippen molar-refractivity contribution < 1.29 is 23.9 Å². The van der Waals surface area contributed by atoms with E-state index in [1.54, 1.807) is 0 Å². The van der Waals surface area contributed by atoms with Gasteiger partial charge in [-0.15, -0.1) is 0 Å². The number of rotatable bonds is 22.